The lowest BCUT2D eigenvalue weighted by atomic mass is 9.32. The van der Waals surface area contributed by atoms with Crippen LogP contribution in [0.3, 0.4) is 0 Å². The number of benzene rings is 2. The number of aliphatic hydroxyl groups excluding tert-OH is 1. The zero-order chi connectivity index (χ0) is 34.2. The molecule has 6 heteroatoms. The summed E-state index contributed by atoms with van der Waals surface area (Å²) in [7, 11) is 0. The minimum absolute atomic E-state index is 0.0509. The Morgan fingerprint density at radius 3 is 2.39 bits per heavy atom. The quantitative estimate of drug-likeness (QED) is 0.290. The van der Waals surface area contributed by atoms with Crippen LogP contribution in [0.1, 0.15) is 103 Å². The molecule has 6 nitrogen and oxygen atoms in total. The molecule has 8 atom stereocenters. The summed E-state index contributed by atoms with van der Waals surface area (Å²) < 4.78 is 5.63. The third-order valence-electron chi connectivity index (χ3n) is 15.2. The lowest BCUT2D eigenvalue weighted by Crippen LogP contribution is -2.67. The molecule has 0 aromatic heterocycles. The van der Waals surface area contributed by atoms with Crippen LogP contribution >= 0.6 is 0 Å². The van der Waals surface area contributed by atoms with Crippen LogP contribution in [-0.4, -0.2) is 51.8 Å². The molecule has 2 aromatic rings. The topological polar surface area (TPSA) is 87.1 Å². The average molecular weight is 666 g/mol. The number of Topliss-reactive ketones (excluding diaryl/α,β-unsaturated/α-hetero) is 1. The standard InChI is InChI=1S/C43H55NO5/c1-4-49-38(47)44(27-31-15-10-14-29-11-8-9-16-33(29)31)28-42(48)22-19-36-40(42,3)21-18-35-39(2)20-17-32(45)25-41(39)23-24-43(35,36)34(26-41)37(46)30-12-6-5-7-13-30/h8-11,14-16,23-24,26,30,32,35-36,45,48H,4-7,12-13,17-22,25,27-28H2,1-3H3/t32?,35-,36-,39-,40+,41+,42-,43-/m1/s1. The summed E-state index contributed by atoms with van der Waals surface area (Å²) >= 11 is 0. The van der Waals surface area contributed by atoms with Crippen LogP contribution in [-0.2, 0) is 16.1 Å². The van der Waals surface area contributed by atoms with E-state index in [1.807, 2.05) is 25.1 Å². The van der Waals surface area contributed by atoms with Gasteiger partial charge in [0.05, 0.1) is 24.9 Å². The highest BCUT2D eigenvalue weighted by Gasteiger charge is 2.74. The Hall–Kier alpha value is -2.96. The Balaban J connectivity index is 1.19. The molecule has 1 amide bonds. The highest BCUT2D eigenvalue weighted by molar-refractivity contribution is 6.00. The van der Waals surface area contributed by atoms with Gasteiger partial charge < -0.3 is 19.8 Å². The molecule has 0 saturated heterocycles. The van der Waals surface area contributed by atoms with Gasteiger partial charge in [0.15, 0.2) is 5.78 Å². The van der Waals surface area contributed by atoms with Crippen LogP contribution in [0.4, 0.5) is 4.79 Å². The van der Waals surface area contributed by atoms with Gasteiger partial charge in [-0.2, -0.15) is 0 Å². The first-order valence-corrected chi connectivity index (χ1v) is 19.3. The van der Waals surface area contributed by atoms with Crippen LogP contribution in [0, 0.1) is 39.4 Å². The van der Waals surface area contributed by atoms with E-state index in [2.05, 4.69) is 56.3 Å². The number of amides is 1. The molecule has 1 unspecified atom stereocenters. The molecule has 0 aliphatic heterocycles. The van der Waals surface area contributed by atoms with E-state index in [-0.39, 0.29) is 47.8 Å². The monoisotopic (exact) mass is 665 g/mol. The van der Waals surface area contributed by atoms with Gasteiger partial charge in [-0.25, -0.2) is 4.79 Å². The summed E-state index contributed by atoms with van der Waals surface area (Å²) in [4.78, 5) is 30.3. The van der Waals surface area contributed by atoms with E-state index in [9.17, 15) is 19.8 Å². The normalized spacial score (nSPS) is 39.5. The zero-order valence-electron chi connectivity index (χ0n) is 29.8. The third kappa shape index (κ3) is 4.71. The van der Waals surface area contributed by atoms with E-state index in [1.54, 1.807) is 4.90 Å². The molecule has 7 aliphatic carbocycles. The maximum atomic E-state index is 14.9. The fourth-order valence-electron chi connectivity index (χ4n) is 12.6. The lowest BCUT2D eigenvalue weighted by Gasteiger charge is -2.71. The fraction of sp³-hybridized carbons (Fsp3) is 0.628. The number of ether oxygens (including phenoxy) is 1. The second-order valence-corrected chi connectivity index (χ2v) is 17.2. The number of nitrogens with zero attached hydrogens (tertiary/aromatic N) is 1. The van der Waals surface area contributed by atoms with E-state index in [0.717, 1.165) is 79.7 Å². The van der Waals surface area contributed by atoms with Crippen LogP contribution in [0.2, 0.25) is 0 Å². The van der Waals surface area contributed by atoms with Crippen molar-refractivity contribution in [3.05, 3.63) is 71.8 Å². The largest absolute Gasteiger partial charge is 0.450 e. The first kappa shape index (κ1) is 33.2. The van der Waals surface area contributed by atoms with Gasteiger partial charge in [-0.1, -0.05) is 93.8 Å². The molecule has 4 fully saturated rings. The van der Waals surface area contributed by atoms with Gasteiger partial charge in [-0.15, -0.1) is 0 Å². The number of carbonyl (C=O) groups excluding carboxylic acids is 2. The number of hydrogen-bond donors (Lipinski definition) is 2. The average Bonchev–Trinajstić information content (AvgIpc) is 3.38. The Labute approximate surface area is 292 Å². The first-order chi connectivity index (χ1) is 23.5. The summed E-state index contributed by atoms with van der Waals surface area (Å²) in [6.07, 6.45) is 17.3. The van der Waals surface area contributed by atoms with E-state index in [4.69, 9.17) is 4.74 Å². The maximum absolute atomic E-state index is 14.9. The number of allylic oxidation sites excluding steroid dienone is 4. The lowest BCUT2D eigenvalue weighted by molar-refractivity contribution is -0.179. The molecule has 2 bridgehead atoms. The Morgan fingerprint density at radius 1 is 0.878 bits per heavy atom. The van der Waals surface area contributed by atoms with Crippen LogP contribution in [0.5, 0.6) is 0 Å². The second kappa shape index (κ2) is 11.8. The number of aliphatic hydroxyl groups is 2. The third-order valence-corrected chi connectivity index (χ3v) is 15.2. The Kier molecular flexibility index (Phi) is 8.00. The van der Waals surface area contributed by atoms with E-state index in [0.29, 0.717) is 25.2 Å². The van der Waals surface area contributed by atoms with Gasteiger partial charge in [0.1, 0.15) is 0 Å². The molecule has 2 aromatic carbocycles. The van der Waals surface area contributed by atoms with Crippen molar-refractivity contribution in [3.8, 4) is 0 Å². The number of rotatable bonds is 7. The predicted molar refractivity (Wildman–Crippen MR) is 192 cm³/mol. The molecular weight excluding hydrogens is 610 g/mol. The highest BCUT2D eigenvalue weighted by atomic mass is 16.6. The second-order valence-electron chi connectivity index (χ2n) is 17.2. The number of carbonyl (C=O) groups is 2. The molecule has 7 aliphatic rings. The minimum atomic E-state index is -1.14. The zero-order valence-corrected chi connectivity index (χ0v) is 29.8. The smallest absolute Gasteiger partial charge is 0.410 e. The number of ketones is 1. The summed E-state index contributed by atoms with van der Waals surface area (Å²) in [5.41, 5.74) is -0.427. The van der Waals surface area contributed by atoms with E-state index < -0.39 is 22.5 Å². The van der Waals surface area contributed by atoms with Gasteiger partial charge in [0.2, 0.25) is 0 Å². The highest BCUT2D eigenvalue weighted by Crippen LogP contribution is 2.78. The van der Waals surface area contributed by atoms with Crippen LogP contribution in [0.25, 0.3) is 10.8 Å². The molecule has 49 heavy (non-hydrogen) atoms. The fourth-order valence-corrected chi connectivity index (χ4v) is 12.6. The summed E-state index contributed by atoms with van der Waals surface area (Å²) in [6.45, 7) is 7.34. The molecule has 2 spiro atoms. The SMILES string of the molecule is CCOC(=O)N(Cc1cccc2ccccc12)C[C@]1(O)CC[C@H]2[C@]34C=C[C@@]5(C=C3C(=O)C3CCCCC3)CC(O)CC[C@]5(C)[C@H]4CC[C@@]21C. The van der Waals surface area contributed by atoms with Crippen molar-refractivity contribution in [3.63, 3.8) is 0 Å². The van der Waals surface area contributed by atoms with E-state index in [1.165, 1.54) is 6.42 Å². The first-order valence-electron chi connectivity index (χ1n) is 19.3. The van der Waals surface area contributed by atoms with Crippen molar-refractivity contribution in [1.29, 1.82) is 0 Å². The molecule has 2 N–H and O–H groups in total. The van der Waals surface area contributed by atoms with Gasteiger partial charge >= 0.3 is 6.09 Å². The van der Waals surface area contributed by atoms with Gasteiger partial charge in [-0.3, -0.25) is 4.79 Å². The van der Waals surface area contributed by atoms with Crippen molar-refractivity contribution in [2.24, 2.45) is 39.4 Å². The molecule has 4 saturated carbocycles. The number of fused-ring (bicyclic) bond motifs is 2. The summed E-state index contributed by atoms with van der Waals surface area (Å²) in [5.74, 6) is 0.747. The van der Waals surface area contributed by atoms with Crippen LogP contribution < -0.4 is 0 Å². The van der Waals surface area contributed by atoms with Crippen LogP contribution in [0.15, 0.2) is 66.3 Å². The Bertz CT molecular complexity index is 1700. The van der Waals surface area contributed by atoms with Crippen molar-refractivity contribution >= 4 is 22.6 Å². The van der Waals surface area contributed by atoms with E-state index >= 15 is 0 Å². The predicted octanol–water partition coefficient (Wildman–Crippen LogP) is 8.54. The van der Waals surface area contributed by atoms with Gasteiger partial charge in [-0.05, 0) is 98.3 Å². The maximum Gasteiger partial charge on any atom is 0.410 e. The summed E-state index contributed by atoms with van der Waals surface area (Å²) in [6, 6.07) is 14.4. The Morgan fingerprint density at radius 2 is 1.59 bits per heavy atom. The number of hydrogen-bond acceptors (Lipinski definition) is 5. The van der Waals surface area contributed by atoms with Crippen molar-refractivity contribution < 1.29 is 24.5 Å². The molecule has 9 rings (SSSR count). The van der Waals surface area contributed by atoms with Gasteiger partial charge in [0, 0.05) is 34.3 Å². The van der Waals surface area contributed by atoms with Crippen molar-refractivity contribution in [2.45, 2.75) is 116 Å². The minimum Gasteiger partial charge on any atom is -0.450 e. The van der Waals surface area contributed by atoms with Crippen molar-refractivity contribution in [2.75, 3.05) is 13.2 Å². The van der Waals surface area contributed by atoms with Crippen molar-refractivity contribution in [1.82, 2.24) is 4.90 Å². The van der Waals surface area contributed by atoms with Gasteiger partial charge in [0.25, 0.3) is 0 Å². The summed E-state index contributed by atoms with van der Waals surface area (Å²) in [5, 5.41) is 26.3. The molecule has 0 heterocycles. The molecular formula is C43H55NO5. The molecule has 262 valence electrons. The molecule has 0 radical (unpaired) electrons.